The topological polar surface area (TPSA) is 76.4 Å². The van der Waals surface area contributed by atoms with Crippen molar-refractivity contribution in [1.82, 2.24) is 0 Å². The van der Waals surface area contributed by atoms with Gasteiger partial charge in [0.05, 0.1) is 17.6 Å². The summed E-state index contributed by atoms with van der Waals surface area (Å²) in [6.07, 6.45) is 5.52. The molecule has 0 atom stereocenters. The maximum Gasteiger partial charge on any atom is 0.330 e. The molecule has 0 aromatic heterocycles. The van der Waals surface area contributed by atoms with Crippen molar-refractivity contribution in [3.63, 3.8) is 0 Å². The zero-order chi connectivity index (χ0) is 16.7. The van der Waals surface area contributed by atoms with Crippen molar-refractivity contribution < 1.29 is 19.1 Å². The number of nitrogens with zero attached hydrogens (tertiary/aromatic N) is 1. The van der Waals surface area contributed by atoms with E-state index in [0.29, 0.717) is 37.0 Å². The zero-order valence-electron chi connectivity index (χ0n) is 13.0. The van der Waals surface area contributed by atoms with Crippen LogP contribution in [-0.4, -0.2) is 18.0 Å². The Morgan fingerprint density at radius 2 is 1.83 bits per heavy atom. The first kappa shape index (κ1) is 16.8. The molecule has 1 saturated carbocycles. The lowest BCUT2D eigenvalue weighted by atomic mass is 9.87. The fourth-order valence-corrected chi connectivity index (χ4v) is 2.55. The summed E-state index contributed by atoms with van der Waals surface area (Å²) in [6, 6.07) is 8.46. The van der Waals surface area contributed by atoms with Crippen LogP contribution in [0.25, 0.3) is 0 Å². The van der Waals surface area contributed by atoms with E-state index in [4.69, 9.17) is 14.7 Å². The number of carbonyl (C=O) groups is 2. The summed E-state index contributed by atoms with van der Waals surface area (Å²) >= 11 is 0. The summed E-state index contributed by atoms with van der Waals surface area (Å²) < 4.78 is 10.6. The second-order valence-electron chi connectivity index (χ2n) is 5.47. The molecule has 1 aromatic carbocycles. The Morgan fingerprint density at radius 1 is 1.17 bits per heavy atom. The number of nitriles is 1. The van der Waals surface area contributed by atoms with Crippen LogP contribution >= 0.6 is 0 Å². The van der Waals surface area contributed by atoms with E-state index in [2.05, 4.69) is 0 Å². The van der Waals surface area contributed by atoms with Crippen LogP contribution in [-0.2, 0) is 14.3 Å². The molecule has 0 unspecified atom stereocenters. The minimum atomic E-state index is -0.337. The van der Waals surface area contributed by atoms with Gasteiger partial charge < -0.3 is 9.47 Å². The smallest absolute Gasteiger partial charge is 0.330 e. The first-order chi connectivity index (χ1) is 11.1. The fourth-order valence-electron chi connectivity index (χ4n) is 2.55. The van der Waals surface area contributed by atoms with E-state index in [0.717, 1.165) is 0 Å². The number of hydrogen-bond acceptors (Lipinski definition) is 5. The predicted molar refractivity (Wildman–Crippen MR) is 83.4 cm³/mol. The molecule has 1 aliphatic rings. The summed E-state index contributed by atoms with van der Waals surface area (Å²) in [4.78, 5) is 23.5. The monoisotopic (exact) mass is 313 g/mol. The lowest BCUT2D eigenvalue weighted by Crippen LogP contribution is -2.29. The molecule has 2 rings (SSSR count). The molecule has 5 heteroatoms. The maximum atomic E-state index is 12.1. The molecular weight excluding hydrogens is 294 g/mol. The van der Waals surface area contributed by atoms with E-state index in [1.54, 1.807) is 37.3 Å². The zero-order valence-corrected chi connectivity index (χ0v) is 13.0. The molecule has 0 N–H and O–H groups in total. The van der Waals surface area contributed by atoms with Crippen LogP contribution in [0.1, 0.15) is 38.2 Å². The summed E-state index contributed by atoms with van der Waals surface area (Å²) in [5, 5.41) is 8.74. The number of hydrogen-bond donors (Lipinski definition) is 0. The van der Waals surface area contributed by atoms with Crippen LogP contribution in [0.2, 0.25) is 0 Å². The quantitative estimate of drug-likeness (QED) is 0.485. The van der Waals surface area contributed by atoms with E-state index in [9.17, 15) is 9.59 Å². The highest BCUT2D eigenvalue weighted by atomic mass is 16.5. The molecule has 0 bridgehead atoms. The molecular formula is C18H19NO4. The van der Waals surface area contributed by atoms with Gasteiger partial charge in [-0.2, -0.15) is 5.26 Å². The average molecular weight is 313 g/mol. The Bertz CT molecular complexity index is 619. The van der Waals surface area contributed by atoms with Crippen LogP contribution in [0.4, 0.5) is 0 Å². The van der Waals surface area contributed by atoms with Gasteiger partial charge in [0, 0.05) is 6.08 Å². The van der Waals surface area contributed by atoms with Gasteiger partial charge in [-0.1, -0.05) is 6.08 Å². The van der Waals surface area contributed by atoms with Crippen molar-refractivity contribution in [3.8, 4) is 11.8 Å². The molecule has 0 radical (unpaired) electrons. The Morgan fingerprint density at radius 3 is 2.39 bits per heavy atom. The maximum absolute atomic E-state index is 12.1. The lowest BCUT2D eigenvalue weighted by Gasteiger charge is -2.26. The van der Waals surface area contributed by atoms with Gasteiger partial charge >= 0.3 is 11.9 Å². The normalized spacial score (nSPS) is 20.7. The minimum Gasteiger partial charge on any atom is -0.459 e. The summed E-state index contributed by atoms with van der Waals surface area (Å²) in [7, 11) is 0. The molecule has 5 nitrogen and oxygen atoms in total. The molecule has 1 aliphatic carbocycles. The first-order valence-electron chi connectivity index (χ1n) is 7.67. The third-order valence-corrected chi connectivity index (χ3v) is 3.79. The summed E-state index contributed by atoms with van der Waals surface area (Å²) in [6.45, 7) is 1.76. The summed E-state index contributed by atoms with van der Waals surface area (Å²) in [5.74, 6) is -0.345. The predicted octanol–water partition coefficient (Wildman–Crippen LogP) is 3.14. The van der Waals surface area contributed by atoms with Gasteiger partial charge in [-0.25, -0.2) is 4.79 Å². The first-order valence-corrected chi connectivity index (χ1v) is 7.67. The largest absolute Gasteiger partial charge is 0.459 e. The number of ether oxygens (including phenoxy) is 2. The minimum absolute atomic E-state index is 0.127. The fraction of sp³-hybridized carbons (Fsp3) is 0.389. The van der Waals surface area contributed by atoms with Crippen molar-refractivity contribution in [1.29, 1.82) is 5.26 Å². The van der Waals surface area contributed by atoms with E-state index < -0.39 is 0 Å². The SMILES string of the molecule is CC=CC(=O)OC1CCC(C(=O)Oc2ccc(C#N)cc2)CC1. The number of allylic oxidation sites excluding steroid dienone is 1. The van der Waals surface area contributed by atoms with Crippen LogP contribution in [0.3, 0.4) is 0 Å². The second kappa shape index (κ2) is 8.14. The second-order valence-corrected chi connectivity index (χ2v) is 5.47. The Labute approximate surface area is 135 Å². The molecule has 1 aromatic rings. The number of rotatable bonds is 4. The Hall–Kier alpha value is -2.61. The van der Waals surface area contributed by atoms with Gasteiger partial charge in [0.2, 0.25) is 0 Å². The lowest BCUT2D eigenvalue weighted by molar-refractivity contribution is -0.147. The molecule has 0 saturated heterocycles. The highest BCUT2D eigenvalue weighted by molar-refractivity contribution is 5.82. The van der Waals surface area contributed by atoms with Crippen LogP contribution in [0.5, 0.6) is 5.75 Å². The van der Waals surface area contributed by atoms with Gasteiger partial charge in [-0.05, 0) is 56.9 Å². The molecule has 0 aliphatic heterocycles. The van der Waals surface area contributed by atoms with E-state index in [-0.39, 0.29) is 24.0 Å². The molecule has 120 valence electrons. The average Bonchev–Trinajstić information content (AvgIpc) is 2.56. The van der Waals surface area contributed by atoms with Crippen molar-refractivity contribution >= 4 is 11.9 Å². The van der Waals surface area contributed by atoms with E-state index >= 15 is 0 Å². The van der Waals surface area contributed by atoms with Gasteiger partial charge in [-0.15, -0.1) is 0 Å². The molecule has 0 spiro atoms. The van der Waals surface area contributed by atoms with Crippen molar-refractivity contribution in [3.05, 3.63) is 42.0 Å². The van der Waals surface area contributed by atoms with Crippen molar-refractivity contribution in [2.45, 2.75) is 38.7 Å². The summed E-state index contributed by atoms with van der Waals surface area (Å²) in [5.41, 5.74) is 0.522. The Kier molecular flexibility index (Phi) is 5.93. The van der Waals surface area contributed by atoms with E-state index in [1.165, 1.54) is 6.08 Å². The molecule has 23 heavy (non-hydrogen) atoms. The third kappa shape index (κ3) is 4.96. The number of carbonyl (C=O) groups excluding carboxylic acids is 2. The van der Waals surface area contributed by atoms with Gasteiger partial charge in [0.25, 0.3) is 0 Å². The molecule has 1 fully saturated rings. The Balaban J connectivity index is 1.81. The highest BCUT2D eigenvalue weighted by Gasteiger charge is 2.29. The molecule has 0 heterocycles. The van der Waals surface area contributed by atoms with Crippen molar-refractivity contribution in [2.24, 2.45) is 5.92 Å². The van der Waals surface area contributed by atoms with Gasteiger partial charge in [0.1, 0.15) is 11.9 Å². The van der Waals surface area contributed by atoms with Crippen LogP contribution in [0.15, 0.2) is 36.4 Å². The number of benzene rings is 1. The van der Waals surface area contributed by atoms with Crippen molar-refractivity contribution in [2.75, 3.05) is 0 Å². The number of esters is 2. The van der Waals surface area contributed by atoms with E-state index in [1.807, 2.05) is 6.07 Å². The third-order valence-electron chi connectivity index (χ3n) is 3.79. The molecule has 0 amide bonds. The van der Waals surface area contributed by atoms with Crippen LogP contribution < -0.4 is 4.74 Å². The standard InChI is InChI=1S/C18H19NO4/c1-2-3-17(20)22-15-10-6-14(7-11-15)18(21)23-16-8-4-13(12-19)5-9-16/h2-5,8-9,14-15H,6-7,10-11H2,1H3. The van der Waals surface area contributed by atoms with Gasteiger partial charge in [0.15, 0.2) is 0 Å². The van der Waals surface area contributed by atoms with Crippen LogP contribution in [0, 0.1) is 17.2 Å². The van der Waals surface area contributed by atoms with Gasteiger partial charge in [-0.3, -0.25) is 4.79 Å². The highest BCUT2D eigenvalue weighted by Crippen LogP contribution is 2.28.